The predicted molar refractivity (Wildman–Crippen MR) is 53.7 cm³/mol. The van der Waals surface area contributed by atoms with E-state index in [0.717, 1.165) is 0 Å². The molecular weight excluding hydrogens is 195 g/mol. The van der Waals surface area contributed by atoms with Crippen LogP contribution in [0.25, 0.3) is 0 Å². The highest BCUT2D eigenvalue weighted by atomic mass is 19.1. The van der Waals surface area contributed by atoms with Crippen molar-refractivity contribution in [2.24, 2.45) is 0 Å². The molecule has 1 amide bonds. The van der Waals surface area contributed by atoms with Crippen molar-refractivity contribution in [2.75, 3.05) is 6.54 Å². The number of rotatable bonds is 3. The third-order valence-electron chi connectivity index (χ3n) is 1.94. The van der Waals surface area contributed by atoms with Crippen LogP contribution in [0.3, 0.4) is 0 Å². The van der Waals surface area contributed by atoms with Crippen LogP contribution in [-0.4, -0.2) is 12.5 Å². The predicted octanol–water partition coefficient (Wildman–Crippen LogP) is 1.78. The summed E-state index contributed by atoms with van der Waals surface area (Å²) in [6, 6.07) is 6.08. The molecule has 0 saturated heterocycles. The molecule has 0 unspecified atom stereocenters. The molecule has 0 heterocycles. The second kappa shape index (κ2) is 5.11. The molecule has 15 heavy (non-hydrogen) atoms. The lowest BCUT2D eigenvalue weighted by Crippen LogP contribution is -2.24. The van der Waals surface area contributed by atoms with Crippen molar-refractivity contribution in [1.82, 2.24) is 5.32 Å². The molecule has 0 aromatic heterocycles. The molecule has 0 fully saturated rings. The Morgan fingerprint density at radius 1 is 1.60 bits per heavy atom. The van der Waals surface area contributed by atoms with Gasteiger partial charge in [-0.2, -0.15) is 5.26 Å². The van der Waals surface area contributed by atoms with E-state index in [2.05, 4.69) is 5.32 Å². The Balaban J connectivity index is 2.67. The quantitative estimate of drug-likeness (QED) is 0.766. The van der Waals surface area contributed by atoms with E-state index in [9.17, 15) is 9.18 Å². The number of nitrogens with zero attached hydrogens (tertiary/aromatic N) is 1. The van der Waals surface area contributed by atoms with Gasteiger partial charge in [-0.05, 0) is 30.7 Å². The SMILES string of the molecule is Cc1cc(C(=O)NCCC#N)ccc1F. The summed E-state index contributed by atoms with van der Waals surface area (Å²) in [5.74, 6) is -0.614. The van der Waals surface area contributed by atoms with Crippen LogP contribution in [0.4, 0.5) is 4.39 Å². The molecular formula is C11H11FN2O. The second-order valence-electron chi connectivity index (χ2n) is 3.13. The first-order valence-electron chi connectivity index (χ1n) is 4.56. The first-order valence-corrected chi connectivity index (χ1v) is 4.56. The minimum Gasteiger partial charge on any atom is -0.351 e. The number of hydrogen-bond donors (Lipinski definition) is 1. The van der Waals surface area contributed by atoms with Crippen LogP contribution in [0.15, 0.2) is 18.2 Å². The largest absolute Gasteiger partial charge is 0.351 e. The van der Waals surface area contributed by atoms with Gasteiger partial charge in [-0.3, -0.25) is 4.79 Å². The zero-order valence-electron chi connectivity index (χ0n) is 8.38. The molecule has 0 aliphatic carbocycles. The normalized spacial score (nSPS) is 9.40. The number of nitrogens with one attached hydrogen (secondary N) is 1. The van der Waals surface area contributed by atoms with Crippen molar-refractivity contribution in [2.45, 2.75) is 13.3 Å². The van der Waals surface area contributed by atoms with Crippen LogP contribution in [-0.2, 0) is 0 Å². The molecule has 1 aromatic rings. The van der Waals surface area contributed by atoms with Crippen LogP contribution in [0.1, 0.15) is 22.3 Å². The van der Waals surface area contributed by atoms with Crippen LogP contribution >= 0.6 is 0 Å². The van der Waals surface area contributed by atoms with Crippen LogP contribution in [0, 0.1) is 24.1 Å². The lowest BCUT2D eigenvalue weighted by atomic mass is 10.1. The van der Waals surface area contributed by atoms with Gasteiger partial charge in [0.1, 0.15) is 5.82 Å². The molecule has 1 rings (SSSR count). The topological polar surface area (TPSA) is 52.9 Å². The minimum atomic E-state index is -0.330. The number of benzene rings is 1. The van der Waals surface area contributed by atoms with Gasteiger partial charge in [0.05, 0.1) is 12.5 Å². The standard InChI is InChI=1S/C11H11FN2O/c1-8-7-9(3-4-10(8)12)11(15)14-6-2-5-13/h3-4,7H,2,6H2,1H3,(H,14,15). The third-order valence-corrected chi connectivity index (χ3v) is 1.94. The summed E-state index contributed by atoms with van der Waals surface area (Å²) in [5.41, 5.74) is 0.842. The lowest BCUT2D eigenvalue weighted by molar-refractivity contribution is 0.0954. The van der Waals surface area contributed by atoms with Crippen molar-refractivity contribution in [3.05, 3.63) is 35.1 Å². The van der Waals surface area contributed by atoms with E-state index in [0.29, 0.717) is 17.7 Å². The van der Waals surface area contributed by atoms with Gasteiger partial charge < -0.3 is 5.32 Å². The average molecular weight is 206 g/mol. The monoisotopic (exact) mass is 206 g/mol. The van der Waals surface area contributed by atoms with Gasteiger partial charge in [-0.25, -0.2) is 4.39 Å². The van der Waals surface area contributed by atoms with E-state index < -0.39 is 0 Å². The number of halogens is 1. The summed E-state index contributed by atoms with van der Waals surface area (Å²) in [6.45, 7) is 1.91. The number of hydrogen-bond acceptors (Lipinski definition) is 2. The van der Waals surface area contributed by atoms with Gasteiger partial charge in [0.15, 0.2) is 0 Å². The Labute approximate surface area is 87.5 Å². The Morgan fingerprint density at radius 3 is 2.93 bits per heavy atom. The van der Waals surface area contributed by atoms with Gasteiger partial charge >= 0.3 is 0 Å². The highest BCUT2D eigenvalue weighted by Crippen LogP contribution is 2.08. The summed E-state index contributed by atoms with van der Waals surface area (Å²) in [4.78, 5) is 11.4. The molecule has 0 atom stereocenters. The van der Waals surface area contributed by atoms with Crippen molar-refractivity contribution in [1.29, 1.82) is 5.26 Å². The Kier molecular flexibility index (Phi) is 3.81. The fraction of sp³-hybridized carbons (Fsp3) is 0.273. The number of carbonyl (C=O) groups is 1. The number of aryl methyl sites for hydroxylation is 1. The Morgan fingerprint density at radius 2 is 2.33 bits per heavy atom. The molecule has 0 aliphatic rings. The van der Waals surface area contributed by atoms with E-state index >= 15 is 0 Å². The number of nitriles is 1. The van der Waals surface area contributed by atoms with Crippen molar-refractivity contribution in [3.63, 3.8) is 0 Å². The first-order chi connectivity index (χ1) is 7.15. The molecule has 0 bridgehead atoms. The zero-order chi connectivity index (χ0) is 11.3. The molecule has 4 heteroatoms. The molecule has 78 valence electrons. The molecule has 0 saturated carbocycles. The smallest absolute Gasteiger partial charge is 0.251 e. The molecule has 0 radical (unpaired) electrons. The highest BCUT2D eigenvalue weighted by Gasteiger charge is 2.06. The van der Waals surface area contributed by atoms with E-state index in [1.807, 2.05) is 6.07 Å². The van der Waals surface area contributed by atoms with E-state index in [1.54, 1.807) is 6.92 Å². The zero-order valence-corrected chi connectivity index (χ0v) is 8.38. The van der Waals surface area contributed by atoms with Gasteiger partial charge in [-0.15, -0.1) is 0 Å². The van der Waals surface area contributed by atoms with E-state index in [1.165, 1.54) is 18.2 Å². The minimum absolute atomic E-state index is 0.270. The third kappa shape index (κ3) is 3.06. The summed E-state index contributed by atoms with van der Waals surface area (Å²) >= 11 is 0. The van der Waals surface area contributed by atoms with Crippen molar-refractivity contribution < 1.29 is 9.18 Å². The van der Waals surface area contributed by atoms with Crippen molar-refractivity contribution in [3.8, 4) is 6.07 Å². The Hall–Kier alpha value is -1.89. The van der Waals surface area contributed by atoms with Crippen LogP contribution in [0.5, 0.6) is 0 Å². The maximum atomic E-state index is 12.9. The lowest BCUT2D eigenvalue weighted by Gasteiger charge is -2.04. The molecule has 0 aliphatic heterocycles. The van der Waals surface area contributed by atoms with Gasteiger partial charge in [-0.1, -0.05) is 0 Å². The molecule has 0 spiro atoms. The summed E-state index contributed by atoms with van der Waals surface area (Å²) in [6.07, 6.45) is 0.270. The van der Waals surface area contributed by atoms with E-state index in [-0.39, 0.29) is 18.1 Å². The van der Waals surface area contributed by atoms with Gasteiger partial charge in [0.2, 0.25) is 0 Å². The number of carbonyl (C=O) groups excluding carboxylic acids is 1. The fourth-order valence-corrected chi connectivity index (χ4v) is 1.12. The molecule has 3 nitrogen and oxygen atoms in total. The Bertz CT molecular complexity index is 410. The maximum Gasteiger partial charge on any atom is 0.251 e. The van der Waals surface area contributed by atoms with Crippen LogP contribution in [0.2, 0.25) is 0 Å². The average Bonchev–Trinajstić information content (AvgIpc) is 2.22. The molecule has 1 N–H and O–H groups in total. The second-order valence-corrected chi connectivity index (χ2v) is 3.13. The van der Waals surface area contributed by atoms with Crippen molar-refractivity contribution >= 4 is 5.91 Å². The highest BCUT2D eigenvalue weighted by molar-refractivity contribution is 5.94. The van der Waals surface area contributed by atoms with Crippen LogP contribution < -0.4 is 5.32 Å². The summed E-state index contributed by atoms with van der Waals surface area (Å²) < 4.78 is 12.9. The maximum absolute atomic E-state index is 12.9. The number of amides is 1. The fourth-order valence-electron chi connectivity index (χ4n) is 1.12. The van der Waals surface area contributed by atoms with E-state index in [4.69, 9.17) is 5.26 Å². The first kappa shape index (κ1) is 11.2. The summed E-state index contributed by atoms with van der Waals surface area (Å²) in [5, 5.41) is 10.8. The summed E-state index contributed by atoms with van der Waals surface area (Å²) in [7, 11) is 0. The molecule has 1 aromatic carbocycles. The van der Waals surface area contributed by atoms with Gasteiger partial charge in [0, 0.05) is 12.1 Å². The van der Waals surface area contributed by atoms with Gasteiger partial charge in [0.25, 0.3) is 5.91 Å².